The molecule has 2 unspecified atom stereocenters. The Bertz CT molecular complexity index is 848. The predicted molar refractivity (Wildman–Crippen MR) is 96.8 cm³/mol. The molecule has 2 aliphatic heterocycles. The van der Waals surface area contributed by atoms with Gasteiger partial charge in [-0.05, 0) is 28.8 Å². The van der Waals surface area contributed by atoms with Gasteiger partial charge in [-0.25, -0.2) is 4.39 Å². The summed E-state index contributed by atoms with van der Waals surface area (Å²) < 4.78 is 13.2. The normalized spacial score (nSPS) is 20.0. The highest BCUT2D eigenvalue weighted by atomic mass is 19.1. The Morgan fingerprint density at radius 1 is 1.15 bits per heavy atom. The van der Waals surface area contributed by atoms with Gasteiger partial charge < -0.3 is 14.9 Å². The molecule has 0 saturated carbocycles. The van der Waals surface area contributed by atoms with E-state index < -0.39 is 5.92 Å². The van der Waals surface area contributed by atoms with Crippen LogP contribution in [0.5, 0.6) is 0 Å². The third kappa shape index (κ3) is 2.69. The number of benzene rings is 2. The Hall–Kier alpha value is -2.66. The number of carbonyl (C=O) groups excluding carboxylic acids is 1. The molecule has 134 valence electrons. The lowest BCUT2D eigenvalue weighted by Crippen LogP contribution is -2.36. The Kier molecular flexibility index (Phi) is 4.24. The van der Waals surface area contributed by atoms with E-state index in [1.807, 2.05) is 37.4 Å². The molecule has 5 heteroatoms. The quantitative estimate of drug-likeness (QED) is 0.920. The molecule has 0 aromatic heterocycles. The molecule has 0 radical (unpaired) electrons. The third-order valence-electron chi connectivity index (χ3n) is 5.40. The van der Waals surface area contributed by atoms with Gasteiger partial charge in [0.25, 0.3) is 0 Å². The number of amides is 1. The summed E-state index contributed by atoms with van der Waals surface area (Å²) in [4.78, 5) is 16.9. The molecule has 2 aromatic carbocycles. The van der Waals surface area contributed by atoms with Crippen molar-refractivity contribution in [3.63, 3.8) is 0 Å². The zero-order valence-electron chi connectivity index (χ0n) is 14.6. The van der Waals surface area contributed by atoms with E-state index in [1.165, 1.54) is 17.7 Å². The lowest BCUT2D eigenvalue weighted by molar-refractivity contribution is -0.132. The Morgan fingerprint density at radius 3 is 2.50 bits per heavy atom. The molecule has 2 atom stereocenters. The van der Waals surface area contributed by atoms with Crippen molar-refractivity contribution in [2.45, 2.75) is 12.0 Å². The molecule has 1 amide bonds. The molecule has 2 aromatic rings. The fourth-order valence-electron chi connectivity index (χ4n) is 4.00. The van der Waals surface area contributed by atoms with Crippen LogP contribution in [0, 0.1) is 5.82 Å². The van der Waals surface area contributed by atoms with Crippen molar-refractivity contribution < 1.29 is 14.3 Å². The van der Waals surface area contributed by atoms with Gasteiger partial charge in [0.2, 0.25) is 5.91 Å². The minimum atomic E-state index is -0.538. The minimum absolute atomic E-state index is 0.0562. The van der Waals surface area contributed by atoms with Gasteiger partial charge in [-0.15, -0.1) is 0 Å². The van der Waals surface area contributed by atoms with E-state index in [1.54, 1.807) is 17.0 Å². The maximum atomic E-state index is 13.2. The Balaban J connectivity index is 1.51. The summed E-state index contributed by atoms with van der Waals surface area (Å²) in [6, 6.07) is 16.0. The number of aliphatic hydroxyl groups is 1. The van der Waals surface area contributed by atoms with Crippen LogP contribution in [0.4, 0.5) is 4.39 Å². The molecular weight excluding hydrogens is 331 g/mol. The van der Waals surface area contributed by atoms with Gasteiger partial charge in [0, 0.05) is 19.3 Å². The molecule has 0 aliphatic carbocycles. The molecule has 26 heavy (non-hydrogen) atoms. The molecule has 2 heterocycles. The maximum Gasteiger partial charge on any atom is 0.233 e. The number of hydrogen-bond donors (Lipinski definition) is 1. The topological polar surface area (TPSA) is 43.8 Å². The van der Waals surface area contributed by atoms with Gasteiger partial charge in [-0.2, -0.15) is 0 Å². The fraction of sp³-hybridized carbons (Fsp3) is 0.286. The van der Waals surface area contributed by atoms with E-state index in [-0.39, 0.29) is 24.4 Å². The third-order valence-corrected chi connectivity index (χ3v) is 5.40. The van der Waals surface area contributed by atoms with Crippen LogP contribution in [0.2, 0.25) is 0 Å². The summed E-state index contributed by atoms with van der Waals surface area (Å²) in [5.74, 6) is -0.842. The lowest BCUT2D eigenvalue weighted by Gasteiger charge is -2.41. The SMILES string of the molecule is CN1C2=C(CN(C(=O)C(CO)c3ccccc3)C2)C1c1ccc(F)cc1. The van der Waals surface area contributed by atoms with Crippen LogP contribution in [-0.2, 0) is 4.79 Å². The van der Waals surface area contributed by atoms with Gasteiger partial charge in [-0.3, -0.25) is 4.79 Å². The van der Waals surface area contributed by atoms with E-state index in [0.717, 1.165) is 16.8 Å². The second-order valence-corrected chi connectivity index (χ2v) is 6.88. The largest absolute Gasteiger partial charge is 0.395 e. The van der Waals surface area contributed by atoms with Crippen LogP contribution >= 0.6 is 0 Å². The van der Waals surface area contributed by atoms with Crippen LogP contribution in [0.25, 0.3) is 0 Å². The first kappa shape index (κ1) is 16.8. The molecule has 1 N–H and O–H groups in total. The van der Waals surface area contributed by atoms with E-state index in [0.29, 0.717) is 13.1 Å². The zero-order valence-corrected chi connectivity index (χ0v) is 14.6. The van der Waals surface area contributed by atoms with Gasteiger partial charge in [-0.1, -0.05) is 42.5 Å². The molecule has 0 saturated heterocycles. The summed E-state index contributed by atoms with van der Waals surface area (Å²) in [6.45, 7) is 0.914. The number of halogens is 1. The van der Waals surface area contributed by atoms with Crippen LogP contribution < -0.4 is 0 Å². The van der Waals surface area contributed by atoms with Crippen molar-refractivity contribution in [1.29, 1.82) is 0 Å². The van der Waals surface area contributed by atoms with E-state index in [2.05, 4.69) is 4.90 Å². The van der Waals surface area contributed by atoms with Crippen LogP contribution in [-0.4, -0.2) is 47.6 Å². The van der Waals surface area contributed by atoms with Crippen molar-refractivity contribution >= 4 is 5.91 Å². The fourth-order valence-corrected chi connectivity index (χ4v) is 4.00. The summed E-state index contributed by atoms with van der Waals surface area (Å²) in [7, 11) is 2.00. The first-order valence-electron chi connectivity index (χ1n) is 8.75. The van der Waals surface area contributed by atoms with Crippen LogP contribution in [0.15, 0.2) is 65.9 Å². The Morgan fingerprint density at radius 2 is 1.85 bits per heavy atom. The molecular formula is C21H21FN2O2. The number of hydrogen-bond acceptors (Lipinski definition) is 3. The first-order valence-corrected chi connectivity index (χ1v) is 8.75. The highest BCUT2D eigenvalue weighted by Gasteiger charge is 2.43. The van der Waals surface area contributed by atoms with Gasteiger partial charge in [0.1, 0.15) is 5.82 Å². The summed E-state index contributed by atoms with van der Waals surface area (Å²) >= 11 is 0. The summed E-state index contributed by atoms with van der Waals surface area (Å²) in [5, 5.41) is 9.76. The molecule has 0 spiro atoms. The van der Waals surface area contributed by atoms with Crippen LogP contribution in [0.1, 0.15) is 23.1 Å². The number of nitrogens with zero attached hydrogens (tertiary/aromatic N) is 2. The smallest absolute Gasteiger partial charge is 0.233 e. The average Bonchev–Trinajstić information content (AvgIpc) is 3.05. The predicted octanol–water partition coefficient (Wildman–Crippen LogP) is 2.68. The average molecular weight is 352 g/mol. The lowest BCUT2D eigenvalue weighted by atomic mass is 9.90. The van der Waals surface area contributed by atoms with E-state index in [9.17, 15) is 14.3 Å². The second-order valence-electron chi connectivity index (χ2n) is 6.88. The van der Waals surface area contributed by atoms with E-state index in [4.69, 9.17) is 0 Å². The minimum Gasteiger partial charge on any atom is -0.395 e. The van der Waals surface area contributed by atoms with Crippen molar-refractivity contribution in [3.05, 3.63) is 82.8 Å². The number of carbonyl (C=O) groups is 1. The number of rotatable bonds is 4. The Labute approximate surface area is 152 Å². The van der Waals surface area contributed by atoms with Crippen molar-refractivity contribution in [2.75, 3.05) is 26.7 Å². The van der Waals surface area contributed by atoms with Crippen molar-refractivity contribution in [2.24, 2.45) is 0 Å². The standard InChI is InChI=1S/C21H21FN2O2/c1-23-19-12-24(21(26)18(13-25)14-5-3-2-4-6-14)11-17(19)20(23)15-7-9-16(22)10-8-15/h2-10,18,20,25H,11-13H2,1H3. The molecule has 0 bridgehead atoms. The van der Waals surface area contributed by atoms with Gasteiger partial charge >= 0.3 is 0 Å². The molecule has 0 fully saturated rings. The number of aliphatic hydroxyl groups excluding tert-OH is 1. The van der Waals surface area contributed by atoms with Gasteiger partial charge in [0.15, 0.2) is 0 Å². The monoisotopic (exact) mass is 352 g/mol. The van der Waals surface area contributed by atoms with Crippen molar-refractivity contribution in [1.82, 2.24) is 9.80 Å². The highest BCUT2D eigenvalue weighted by molar-refractivity contribution is 5.85. The van der Waals surface area contributed by atoms with Gasteiger partial charge in [0.05, 0.1) is 25.1 Å². The number of likely N-dealkylation sites (N-methyl/N-ethyl adjacent to an activating group) is 1. The first-order chi connectivity index (χ1) is 12.6. The van der Waals surface area contributed by atoms with Crippen LogP contribution in [0.3, 0.4) is 0 Å². The second kappa shape index (κ2) is 6.57. The zero-order chi connectivity index (χ0) is 18.3. The highest BCUT2D eigenvalue weighted by Crippen LogP contribution is 2.45. The molecule has 4 rings (SSSR count). The molecule has 4 nitrogen and oxygen atoms in total. The van der Waals surface area contributed by atoms with E-state index >= 15 is 0 Å². The maximum absolute atomic E-state index is 13.2. The summed E-state index contributed by atoms with van der Waals surface area (Å²) in [6.07, 6.45) is 0. The molecule has 2 aliphatic rings. The van der Waals surface area contributed by atoms with Crippen molar-refractivity contribution in [3.8, 4) is 0 Å². The summed E-state index contributed by atoms with van der Waals surface area (Å²) in [5.41, 5.74) is 4.22.